The summed E-state index contributed by atoms with van der Waals surface area (Å²) in [6.45, 7) is 3.18. The molecule has 122 valence electrons. The lowest BCUT2D eigenvalue weighted by Gasteiger charge is -2.31. The van der Waals surface area contributed by atoms with Gasteiger partial charge in [0, 0.05) is 37.9 Å². The molecule has 1 saturated carbocycles. The van der Waals surface area contributed by atoms with Crippen LogP contribution in [0, 0.1) is 12.8 Å². The fourth-order valence-corrected chi connectivity index (χ4v) is 2.93. The number of hydrogen-bond acceptors (Lipinski definition) is 3. The fourth-order valence-electron chi connectivity index (χ4n) is 2.93. The second kappa shape index (κ2) is 8.13. The number of amides is 2. The zero-order valence-electron chi connectivity index (χ0n) is 13.6. The molecule has 22 heavy (non-hydrogen) atoms. The molecule has 1 aliphatic carbocycles. The Labute approximate surface area is 132 Å². The monoisotopic (exact) mass is 305 g/mol. The van der Waals surface area contributed by atoms with E-state index < -0.39 is 0 Å². The number of aromatic nitrogens is 1. The van der Waals surface area contributed by atoms with Crippen molar-refractivity contribution in [2.45, 2.75) is 45.1 Å². The van der Waals surface area contributed by atoms with Gasteiger partial charge in [-0.3, -0.25) is 4.98 Å². The van der Waals surface area contributed by atoms with Crippen molar-refractivity contribution in [3.63, 3.8) is 0 Å². The van der Waals surface area contributed by atoms with Gasteiger partial charge in [-0.05, 0) is 37.8 Å². The number of urea groups is 1. The Morgan fingerprint density at radius 2 is 2.18 bits per heavy atom. The molecular formula is C17H27N3O2. The number of aliphatic hydroxyl groups is 1. The van der Waals surface area contributed by atoms with E-state index in [0.29, 0.717) is 13.1 Å². The summed E-state index contributed by atoms with van der Waals surface area (Å²) in [5, 5.41) is 12.9. The molecule has 2 rings (SSSR count). The number of aryl methyl sites for hydroxylation is 1. The summed E-state index contributed by atoms with van der Waals surface area (Å²) in [6.07, 6.45) is 6.48. The third kappa shape index (κ3) is 4.98. The standard InChI is InChI=1S/C17H27N3O2/c1-13-7-8-14(11-19-13)9-10-18-17(22)20(2)12-15-5-3-4-6-16(15)21/h7-8,11,15-16,21H,3-6,9-10,12H2,1-2H3,(H,18,22)/t15-,16-/m0/s1. The van der Waals surface area contributed by atoms with Crippen LogP contribution in [-0.4, -0.2) is 47.3 Å². The van der Waals surface area contributed by atoms with Crippen LogP contribution in [-0.2, 0) is 6.42 Å². The van der Waals surface area contributed by atoms with E-state index in [-0.39, 0.29) is 18.1 Å². The van der Waals surface area contributed by atoms with Crippen molar-refractivity contribution in [2.75, 3.05) is 20.1 Å². The highest BCUT2D eigenvalue weighted by atomic mass is 16.3. The van der Waals surface area contributed by atoms with Crippen molar-refractivity contribution < 1.29 is 9.90 Å². The number of aliphatic hydroxyl groups excluding tert-OH is 1. The van der Waals surface area contributed by atoms with Gasteiger partial charge in [0.25, 0.3) is 0 Å². The van der Waals surface area contributed by atoms with Crippen molar-refractivity contribution in [3.8, 4) is 0 Å². The maximum atomic E-state index is 12.1. The predicted octanol–water partition coefficient (Wildman–Crippen LogP) is 2.13. The first-order valence-corrected chi connectivity index (χ1v) is 8.15. The van der Waals surface area contributed by atoms with E-state index in [1.807, 2.05) is 25.3 Å². The molecule has 0 saturated heterocycles. The van der Waals surface area contributed by atoms with Gasteiger partial charge in [-0.25, -0.2) is 4.79 Å². The molecule has 0 spiro atoms. The van der Waals surface area contributed by atoms with E-state index in [0.717, 1.165) is 43.4 Å². The highest BCUT2D eigenvalue weighted by Crippen LogP contribution is 2.24. The summed E-state index contributed by atoms with van der Waals surface area (Å²) in [4.78, 5) is 18.0. The zero-order chi connectivity index (χ0) is 15.9. The van der Waals surface area contributed by atoms with Gasteiger partial charge in [-0.1, -0.05) is 18.9 Å². The lowest BCUT2D eigenvalue weighted by atomic mass is 9.86. The van der Waals surface area contributed by atoms with E-state index >= 15 is 0 Å². The number of rotatable bonds is 5. The smallest absolute Gasteiger partial charge is 0.317 e. The molecule has 0 unspecified atom stereocenters. The molecule has 5 nitrogen and oxygen atoms in total. The molecule has 2 atom stereocenters. The van der Waals surface area contributed by atoms with E-state index in [1.54, 1.807) is 11.9 Å². The Kier molecular flexibility index (Phi) is 6.19. The second-order valence-corrected chi connectivity index (χ2v) is 6.28. The van der Waals surface area contributed by atoms with Gasteiger partial charge in [0.15, 0.2) is 0 Å². The topological polar surface area (TPSA) is 65.5 Å². The Balaban J connectivity index is 1.70. The molecule has 1 aromatic heterocycles. The van der Waals surface area contributed by atoms with Crippen LogP contribution < -0.4 is 5.32 Å². The minimum absolute atomic E-state index is 0.0714. The van der Waals surface area contributed by atoms with Gasteiger partial charge in [0.1, 0.15) is 0 Å². The molecular weight excluding hydrogens is 278 g/mol. The molecule has 2 N–H and O–H groups in total. The first-order chi connectivity index (χ1) is 10.6. The Bertz CT molecular complexity index is 475. The van der Waals surface area contributed by atoms with E-state index in [2.05, 4.69) is 10.3 Å². The van der Waals surface area contributed by atoms with Crippen LogP contribution in [0.5, 0.6) is 0 Å². The van der Waals surface area contributed by atoms with Crippen LogP contribution in [0.2, 0.25) is 0 Å². The first kappa shape index (κ1) is 16.7. The highest BCUT2D eigenvalue weighted by Gasteiger charge is 2.25. The summed E-state index contributed by atoms with van der Waals surface area (Å²) in [5.41, 5.74) is 2.12. The van der Waals surface area contributed by atoms with Gasteiger partial charge in [-0.15, -0.1) is 0 Å². The number of nitrogens with zero attached hydrogens (tertiary/aromatic N) is 2. The number of pyridine rings is 1. The lowest BCUT2D eigenvalue weighted by Crippen LogP contribution is -2.43. The molecule has 1 aromatic rings. The largest absolute Gasteiger partial charge is 0.393 e. The lowest BCUT2D eigenvalue weighted by molar-refractivity contribution is 0.0565. The molecule has 0 radical (unpaired) electrons. The van der Waals surface area contributed by atoms with Gasteiger partial charge < -0.3 is 15.3 Å². The molecule has 0 bridgehead atoms. The molecule has 2 amide bonds. The summed E-state index contributed by atoms with van der Waals surface area (Å²) >= 11 is 0. The third-order valence-electron chi connectivity index (χ3n) is 4.39. The van der Waals surface area contributed by atoms with Crippen LogP contribution in [0.25, 0.3) is 0 Å². The second-order valence-electron chi connectivity index (χ2n) is 6.28. The van der Waals surface area contributed by atoms with Crippen molar-refractivity contribution >= 4 is 6.03 Å². The average Bonchev–Trinajstić information content (AvgIpc) is 2.51. The van der Waals surface area contributed by atoms with Crippen molar-refractivity contribution in [1.29, 1.82) is 0 Å². The van der Waals surface area contributed by atoms with Crippen molar-refractivity contribution in [3.05, 3.63) is 29.6 Å². The van der Waals surface area contributed by atoms with Gasteiger partial charge in [0.05, 0.1) is 6.10 Å². The molecule has 0 aliphatic heterocycles. The van der Waals surface area contributed by atoms with Crippen molar-refractivity contribution in [2.24, 2.45) is 5.92 Å². The number of carbonyl (C=O) groups is 1. The summed E-state index contributed by atoms with van der Waals surface area (Å²) in [5.74, 6) is 0.214. The van der Waals surface area contributed by atoms with Crippen LogP contribution in [0.1, 0.15) is 36.9 Å². The summed E-state index contributed by atoms with van der Waals surface area (Å²) in [7, 11) is 1.80. The summed E-state index contributed by atoms with van der Waals surface area (Å²) < 4.78 is 0. The number of hydrogen-bond donors (Lipinski definition) is 2. The quantitative estimate of drug-likeness (QED) is 0.876. The first-order valence-electron chi connectivity index (χ1n) is 8.15. The van der Waals surface area contributed by atoms with Gasteiger partial charge in [-0.2, -0.15) is 0 Å². The average molecular weight is 305 g/mol. The third-order valence-corrected chi connectivity index (χ3v) is 4.39. The normalized spacial score (nSPS) is 21.4. The Morgan fingerprint density at radius 1 is 1.41 bits per heavy atom. The zero-order valence-corrected chi connectivity index (χ0v) is 13.6. The maximum absolute atomic E-state index is 12.1. The van der Waals surface area contributed by atoms with Crippen molar-refractivity contribution in [1.82, 2.24) is 15.2 Å². The number of nitrogens with one attached hydrogen (secondary N) is 1. The van der Waals surface area contributed by atoms with Crippen LogP contribution in [0.3, 0.4) is 0 Å². The predicted molar refractivity (Wildman–Crippen MR) is 86.7 cm³/mol. The van der Waals surface area contributed by atoms with E-state index in [9.17, 15) is 9.90 Å². The molecule has 1 heterocycles. The van der Waals surface area contributed by atoms with Gasteiger partial charge in [0.2, 0.25) is 0 Å². The highest BCUT2D eigenvalue weighted by molar-refractivity contribution is 5.73. The summed E-state index contributed by atoms with van der Waals surface area (Å²) in [6, 6.07) is 3.95. The van der Waals surface area contributed by atoms with Crippen LogP contribution in [0.15, 0.2) is 18.3 Å². The Hall–Kier alpha value is -1.62. The van der Waals surface area contributed by atoms with Gasteiger partial charge >= 0.3 is 6.03 Å². The molecule has 5 heteroatoms. The van der Waals surface area contributed by atoms with E-state index in [4.69, 9.17) is 0 Å². The molecule has 1 aliphatic rings. The SMILES string of the molecule is Cc1ccc(CCNC(=O)N(C)C[C@@H]2CCCC[C@@H]2O)cn1. The van der Waals surface area contributed by atoms with E-state index in [1.165, 1.54) is 0 Å². The minimum Gasteiger partial charge on any atom is -0.393 e. The maximum Gasteiger partial charge on any atom is 0.317 e. The molecule has 0 aromatic carbocycles. The fraction of sp³-hybridized carbons (Fsp3) is 0.647. The van der Waals surface area contributed by atoms with Crippen LogP contribution in [0.4, 0.5) is 4.79 Å². The Morgan fingerprint density at radius 3 is 2.86 bits per heavy atom. The van der Waals surface area contributed by atoms with Crippen LogP contribution >= 0.6 is 0 Å². The molecule has 1 fully saturated rings. The number of carbonyl (C=O) groups excluding carboxylic acids is 1. The minimum atomic E-state index is -0.261.